The fourth-order valence-electron chi connectivity index (χ4n) is 9.62. The maximum atomic E-state index is 12.9. The molecule has 0 aromatic rings. The summed E-state index contributed by atoms with van der Waals surface area (Å²) >= 11 is 0. The molecule has 0 N–H and O–H groups in total. The average molecular weight is 1040 g/mol. The van der Waals surface area contributed by atoms with E-state index in [1.165, 1.54) is 238 Å². The van der Waals surface area contributed by atoms with Crippen molar-refractivity contribution in [3.63, 3.8) is 0 Å². The van der Waals surface area contributed by atoms with E-state index in [0.29, 0.717) is 19.3 Å². The van der Waals surface area contributed by atoms with Gasteiger partial charge < -0.3 is 14.2 Å². The fourth-order valence-corrected chi connectivity index (χ4v) is 9.62. The quantitative estimate of drug-likeness (QED) is 0.0261. The van der Waals surface area contributed by atoms with Crippen LogP contribution in [0.4, 0.5) is 0 Å². The first-order valence-corrected chi connectivity index (χ1v) is 32.6. The number of unbranched alkanes of at least 4 members (excludes halogenated alkanes) is 41. The molecule has 0 spiro atoms. The van der Waals surface area contributed by atoms with Crippen molar-refractivity contribution in [1.29, 1.82) is 0 Å². The Hall–Kier alpha value is -2.63. The molecular weight excluding hydrogens is 913 g/mol. The van der Waals surface area contributed by atoms with Gasteiger partial charge in [0.25, 0.3) is 0 Å². The van der Waals surface area contributed by atoms with Gasteiger partial charge in [0.1, 0.15) is 13.2 Å². The second-order valence-corrected chi connectivity index (χ2v) is 22.0. The molecule has 0 saturated heterocycles. The molecule has 6 heteroatoms. The van der Waals surface area contributed by atoms with Crippen LogP contribution in [0, 0.1) is 0 Å². The van der Waals surface area contributed by atoms with Gasteiger partial charge in [-0.15, -0.1) is 0 Å². The summed E-state index contributed by atoms with van der Waals surface area (Å²) in [6.45, 7) is 6.66. The molecule has 0 amide bonds. The van der Waals surface area contributed by atoms with Crippen LogP contribution in [0.25, 0.3) is 0 Å². The Bertz CT molecular complexity index is 1280. The Morgan fingerprint density at radius 3 is 0.743 bits per heavy atom. The van der Waals surface area contributed by atoms with E-state index in [2.05, 4.69) is 69.4 Å². The van der Waals surface area contributed by atoms with Gasteiger partial charge in [0, 0.05) is 19.3 Å². The van der Waals surface area contributed by atoms with Crippen LogP contribution in [-0.4, -0.2) is 37.2 Å². The molecule has 6 nitrogen and oxygen atoms in total. The zero-order chi connectivity index (χ0) is 53.6. The summed E-state index contributed by atoms with van der Waals surface area (Å²) < 4.78 is 16.9. The van der Waals surface area contributed by atoms with E-state index in [1.807, 2.05) is 0 Å². The zero-order valence-corrected chi connectivity index (χ0v) is 49.6. The van der Waals surface area contributed by atoms with Gasteiger partial charge in [-0.2, -0.15) is 0 Å². The van der Waals surface area contributed by atoms with E-state index in [4.69, 9.17) is 14.2 Å². The Morgan fingerprint density at radius 1 is 0.270 bits per heavy atom. The Kier molecular flexibility index (Phi) is 60.7. The molecule has 432 valence electrons. The minimum absolute atomic E-state index is 0.0716. The van der Waals surface area contributed by atoms with Gasteiger partial charge in [0.15, 0.2) is 6.10 Å². The molecule has 1 unspecified atom stereocenters. The Morgan fingerprint density at radius 2 is 0.486 bits per heavy atom. The summed E-state index contributed by atoms with van der Waals surface area (Å²) in [7, 11) is 0. The molecule has 0 aliphatic heterocycles. The number of hydrogen-bond donors (Lipinski definition) is 0. The molecule has 0 aliphatic rings. The lowest BCUT2D eigenvalue weighted by Crippen LogP contribution is -2.30. The molecule has 0 radical (unpaired) electrons. The third kappa shape index (κ3) is 60.2. The van der Waals surface area contributed by atoms with Crippen LogP contribution in [0.2, 0.25) is 0 Å². The van der Waals surface area contributed by atoms with Crippen molar-refractivity contribution < 1.29 is 28.6 Å². The zero-order valence-electron chi connectivity index (χ0n) is 49.6. The van der Waals surface area contributed by atoms with Crippen molar-refractivity contribution in [3.8, 4) is 0 Å². The second kappa shape index (κ2) is 62.9. The van der Waals surface area contributed by atoms with Crippen LogP contribution in [0.15, 0.2) is 48.6 Å². The smallest absolute Gasteiger partial charge is 0.306 e. The first-order valence-electron chi connectivity index (χ1n) is 32.6. The van der Waals surface area contributed by atoms with E-state index in [9.17, 15) is 14.4 Å². The molecule has 0 saturated carbocycles. The predicted octanol–water partition coefficient (Wildman–Crippen LogP) is 22.2. The van der Waals surface area contributed by atoms with Crippen LogP contribution in [0.5, 0.6) is 0 Å². The third-order valence-electron chi connectivity index (χ3n) is 14.6. The summed E-state index contributed by atoms with van der Waals surface area (Å²) in [5, 5.41) is 0. The molecule has 0 aromatic heterocycles. The number of allylic oxidation sites excluding steroid dienone is 8. The monoisotopic (exact) mass is 1040 g/mol. The molecule has 0 fully saturated rings. The average Bonchev–Trinajstić information content (AvgIpc) is 3.40. The SMILES string of the molecule is CCCCCCC/C=C\C/C=C\CCCCCCCCCCCCCC(=O)OCC(COC(=O)CCCCCCCCCCCCCC)OC(=O)CCCCCCCCCCC/C=C\C/C=C\CCCCCCC. The molecule has 0 aromatic carbocycles. The maximum Gasteiger partial charge on any atom is 0.306 e. The van der Waals surface area contributed by atoms with Crippen LogP contribution in [-0.2, 0) is 28.6 Å². The highest BCUT2D eigenvalue weighted by atomic mass is 16.6. The van der Waals surface area contributed by atoms with E-state index >= 15 is 0 Å². The largest absolute Gasteiger partial charge is 0.462 e. The summed E-state index contributed by atoms with van der Waals surface area (Å²) in [5.41, 5.74) is 0. The minimum atomic E-state index is -0.775. The summed E-state index contributed by atoms with van der Waals surface area (Å²) in [6, 6.07) is 0. The summed E-state index contributed by atoms with van der Waals surface area (Å²) in [6.07, 6.45) is 78.3. The molecule has 74 heavy (non-hydrogen) atoms. The van der Waals surface area contributed by atoms with E-state index in [-0.39, 0.29) is 31.1 Å². The third-order valence-corrected chi connectivity index (χ3v) is 14.6. The molecule has 0 aliphatic carbocycles. The number of carbonyl (C=O) groups is 3. The van der Waals surface area contributed by atoms with E-state index < -0.39 is 6.10 Å². The lowest BCUT2D eigenvalue weighted by atomic mass is 10.0. The van der Waals surface area contributed by atoms with Crippen LogP contribution in [0.3, 0.4) is 0 Å². The predicted molar refractivity (Wildman–Crippen MR) is 321 cm³/mol. The minimum Gasteiger partial charge on any atom is -0.462 e. The Balaban J connectivity index is 4.28. The molecule has 0 rings (SSSR count). The molecule has 1 atom stereocenters. The van der Waals surface area contributed by atoms with Gasteiger partial charge in [0.2, 0.25) is 0 Å². The first kappa shape index (κ1) is 71.4. The van der Waals surface area contributed by atoms with Gasteiger partial charge in [0.05, 0.1) is 0 Å². The van der Waals surface area contributed by atoms with E-state index in [1.54, 1.807) is 0 Å². The van der Waals surface area contributed by atoms with Crippen molar-refractivity contribution >= 4 is 17.9 Å². The molecule has 0 heterocycles. The summed E-state index contributed by atoms with van der Waals surface area (Å²) in [4.78, 5) is 38.3. The summed E-state index contributed by atoms with van der Waals surface area (Å²) in [5.74, 6) is -0.857. The highest BCUT2D eigenvalue weighted by Crippen LogP contribution is 2.17. The van der Waals surface area contributed by atoms with Crippen molar-refractivity contribution in [2.75, 3.05) is 13.2 Å². The van der Waals surface area contributed by atoms with Gasteiger partial charge in [-0.3, -0.25) is 14.4 Å². The molecular formula is C68H124O6. The number of esters is 3. The fraction of sp³-hybridized carbons (Fsp3) is 0.838. The highest BCUT2D eigenvalue weighted by molar-refractivity contribution is 5.71. The lowest BCUT2D eigenvalue weighted by molar-refractivity contribution is -0.167. The topological polar surface area (TPSA) is 78.9 Å². The van der Waals surface area contributed by atoms with Crippen molar-refractivity contribution in [2.24, 2.45) is 0 Å². The van der Waals surface area contributed by atoms with Gasteiger partial charge in [-0.1, -0.05) is 294 Å². The van der Waals surface area contributed by atoms with E-state index in [0.717, 1.165) is 70.6 Å². The lowest BCUT2D eigenvalue weighted by Gasteiger charge is -2.18. The van der Waals surface area contributed by atoms with Crippen molar-refractivity contribution in [1.82, 2.24) is 0 Å². The number of rotatable bonds is 60. The van der Waals surface area contributed by atoms with Crippen LogP contribution < -0.4 is 0 Å². The van der Waals surface area contributed by atoms with Gasteiger partial charge >= 0.3 is 17.9 Å². The first-order chi connectivity index (χ1) is 36.5. The normalized spacial score (nSPS) is 12.3. The standard InChI is InChI=1S/C68H124O6/c1-4-7-10-13-16-19-22-25-27-29-31-33-34-36-37-39-41-43-46-49-52-55-58-61-67(70)73-64-65(63-72-66(69)60-57-54-51-48-45-24-21-18-15-12-9-6-3)74-68(71)62-59-56-53-50-47-44-42-40-38-35-32-30-28-26-23-20-17-14-11-8-5-2/h22-23,25-26,29-32,65H,4-21,24,27-28,33-64H2,1-3H3/b25-22-,26-23-,31-29-,32-30-. The molecule has 0 bridgehead atoms. The van der Waals surface area contributed by atoms with Crippen LogP contribution >= 0.6 is 0 Å². The van der Waals surface area contributed by atoms with Crippen molar-refractivity contribution in [3.05, 3.63) is 48.6 Å². The van der Waals surface area contributed by atoms with Gasteiger partial charge in [-0.05, 0) is 83.5 Å². The second-order valence-electron chi connectivity index (χ2n) is 22.0. The van der Waals surface area contributed by atoms with Crippen molar-refractivity contribution in [2.45, 2.75) is 354 Å². The maximum absolute atomic E-state index is 12.9. The Labute approximate surface area is 460 Å². The van der Waals surface area contributed by atoms with Crippen LogP contribution in [0.1, 0.15) is 348 Å². The highest BCUT2D eigenvalue weighted by Gasteiger charge is 2.19. The number of ether oxygens (including phenoxy) is 3. The number of hydrogen-bond acceptors (Lipinski definition) is 6. The van der Waals surface area contributed by atoms with Gasteiger partial charge in [-0.25, -0.2) is 0 Å². The number of carbonyl (C=O) groups excluding carboxylic acids is 3.